The Morgan fingerprint density at radius 1 is 1.47 bits per heavy atom. The van der Waals surface area contributed by atoms with E-state index in [1.165, 1.54) is 6.26 Å². The van der Waals surface area contributed by atoms with Gasteiger partial charge in [0.05, 0.1) is 18.6 Å². The zero-order chi connectivity index (χ0) is 12.9. The first kappa shape index (κ1) is 14.2. The lowest BCUT2D eigenvalue weighted by molar-refractivity contribution is 0.307. The van der Waals surface area contributed by atoms with Gasteiger partial charge in [-0.2, -0.15) is 0 Å². The molecule has 1 heterocycles. The second-order valence-electron chi connectivity index (χ2n) is 4.27. The van der Waals surface area contributed by atoms with E-state index in [4.69, 9.17) is 4.42 Å². The minimum Gasteiger partial charge on any atom is -0.468 e. The molecule has 98 valence electrons. The summed E-state index contributed by atoms with van der Waals surface area (Å²) in [6.45, 7) is 1.89. The van der Waals surface area contributed by atoms with Crippen LogP contribution in [0.5, 0.6) is 0 Å². The van der Waals surface area contributed by atoms with E-state index < -0.39 is 9.84 Å². The maximum Gasteiger partial charge on any atom is 0.148 e. The van der Waals surface area contributed by atoms with E-state index in [9.17, 15) is 8.42 Å². The number of rotatable bonds is 7. The molecule has 1 aromatic rings. The first-order valence-electron chi connectivity index (χ1n) is 5.48. The van der Waals surface area contributed by atoms with E-state index in [-0.39, 0.29) is 5.75 Å². The molecule has 0 radical (unpaired) electrons. The molecule has 0 aliphatic rings. The Balaban J connectivity index is 2.50. The van der Waals surface area contributed by atoms with Crippen LogP contribution in [0.3, 0.4) is 0 Å². The van der Waals surface area contributed by atoms with Crippen molar-refractivity contribution in [1.82, 2.24) is 10.2 Å². The van der Waals surface area contributed by atoms with Crippen molar-refractivity contribution < 1.29 is 12.8 Å². The molecule has 5 nitrogen and oxygen atoms in total. The van der Waals surface area contributed by atoms with E-state index >= 15 is 0 Å². The van der Waals surface area contributed by atoms with Crippen LogP contribution < -0.4 is 5.32 Å². The molecule has 17 heavy (non-hydrogen) atoms. The number of furan rings is 1. The van der Waals surface area contributed by atoms with Crippen LogP contribution in [-0.4, -0.2) is 46.0 Å². The molecule has 0 saturated carbocycles. The number of hydrogen-bond donors (Lipinski definition) is 1. The van der Waals surface area contributed by atoms with Crippen LogP contribution >= 0.6 is 0 Å². The lowest BCUT2D eigenvalue weighted by atomic mass is 10.2. The van der Waals surface area contributed by atoms with Crippen LogP contribution in [0, 0.1) is 0 Å². The van der Waals surface area contributed by atoms with Crippen molar-refractivity contribution >= 4 is 9.84 Å². The number of nitrogens with one attached hydrogen (secondary N) is 1. The molecule has 1 N–H and O–H groups in total. The van der Waals surface area contributed by atoms with Crippen LogP contribution in [0.2, 0.25) is 0 Å². The largest absolute Gasteiger partial charge is 0.468 e. The smallest absolute Gasteiger partial charge is 0.148 e. The van der Waals surface area contributed by atoms with Crippen LogP contribution in [0.4, 0.5) is 0 Å². The fourth-order valence-electron chi connectivity index (χ4n) is 1.50. The highest BCUT2D eigenvalue weighted by Crippen LogP contribution is 2.12. The predicted molar refractivity (Wildman–Crippen MR) is 67.5 cm³/mol. The predicted octanol–water partition coefficient (Wildman–Crippen LogP) is 0.475. The van der Waals surface area contributed by atoms with Crippen molar-refractivity contribution in [3.05, 3.63) is 23.7 Å². The third-order valence-corrected chi connectivity index (χ3v) is 3.39. The maximum absolute atomic E-state index is 11.0. The molecule has 0 amide bonds. The third-order valence-electron chi connectivity index (χ3n) is 2.46. The van der Waals surface area contributed by atoms with Gasteiger partial charge in [-0.05, 0) is 20.2 Å². The second-order valence-corrected chi connectivity index (χ2v) is 6.53. The molecule has 0 unspecified atom stereocenters. The Morgan fingerprint density at radius 3 is 2.76 bits per heavy atom. The summed E-state index contributed by atoms with van der Waals surface area (Å²) in [6, 6.07) is 1.93. The topological polar surface area (TPSA) is 62.6 Å². The van der Waals surface area contributed by atoms with Gasteiger partial charge in [0, 0.05) is 24.9 Å². The summed E-state index contributed by atoms with van der Waals surface area (Å²) in [5.41, 5.74) is 1.11. The Kier molecular flexibility index (Phi) is 5.17. The first-order valence-corrected chi connectivity index (χ1v) is 7.54. The van der Waals surface area contributed by atoms with Crippen molar-refractivity contribution in [2.24, 2.45) is 0 Å². The average Bonchev–Trinajstić information content (AvgIpc) is 2.63. The van der Waals surface area contributed by atoms with E-state index in [0.29, 0.717) is 13.1 Å². The summed E-state index contributed by atoms with van der Waals surface area (Å²) in [5.74, 6) is 1.06. The maximum atomic E-state index is 11.0. The highest BCUT2D eigenvalue weighted by Gasteiger charge is 2.10. The van der Waals surface area contributed by atoms with Crippen LogP contribution in [-0.2, 0) is 22.9 Å². The number of hydrogen-bond acceptors (Lipinski definition) is 5. The van der Waals surface area contributed by atoms with E-state index in [2.05, 4.69) is 5.32 Å². The van der Waals surface area contributed by atoms with Crippen LogP contribution in [0.1, 0.15) is 11.3 Å². The van der Waals surface area contributed by atoms with Gasteiger partial charge in [0.15, 0.2) is 0 Å². The summed E-state index contributed by atoms with van der Waals surface area (Å²) in [7, 11) is 0.862. The molecule has 0 aliphatic heterocycles. The van der Waals surface area contributed by atoms with Crippen molar-refractivity contribution in [1.29, 1.82) is 0 Å². The normalized spacial score (nSPS) is 12.2. The summed E-state index contributed by atoms with van der Waals surface area (Å²) in [5, 5.41) is 3.07. The first-order chi connectivity index (χ1) is 7.92. The molecule has 1 aromatic heterocycles. The van der Waals surface area contributed by atoms with E-state index in [1.54, 1.807) is 6.26 Å². The molecule has 0 aromatic carbocycles. The molecule has 1 rings (SSSR count). The van der Waals surface area contributed by atoms with Gasteiger partial charge in [0.25, 0.3) is 0 Å². The lowest BCUT2D eigenvalue weighted by Gasteiger charge is -2.15. The minimum atomic E-state index is -2.90. The summed E-state index contributed by atoms with van der Waals surface area (Å²) in [4.78, 5) is 1.94. The Hall–Kier alpha value is -0.850. The number of sulfone groups is 1. The van der Waals surface area contributed by atoms with E-state index in [1.807, 2.05) is 25.1 Å². The van der Waals surface area contributed by atoms with Crippen molar-refractivity contribution in [2.75, 3.05) is 32.6 Å². The van der Waals surface area contributed by atoms with Crippen molar-refractivity contribution in [2.45, 2.75) is 13.1 Å². The molecule has 6 heteroatoms. The second kappa shape index (κ2) is 6.18. The molecule has 0 aliphatic carbocycles. The highest BCUT2D eigenvalue weighted by atomic mass is 32.2. The van der Waals surface area contributed by atoms with Gasteiger partial charge in [-0.3, -0.25) is 4.90 Å². The molecule has 0 bridgehead atoms. The zero-order valence-electron chi connectivity index (χ0n) is 10.6. The molecular formula is C11H20N2O3S. The average molecular weight is 260 g/mol. The molecule has 0 atom stereocenters. The summed E-state index contributed by atoms with van der Waals surface area (Å²) < 4.78 is 27.5. The third kappa shape index (κ3) is 5.34. The highest BCUT2D eigenvalue weighted by molar-refractivity contribution is 7.90. The van der Waals surface area contributed by atoms with Gasteiger partial charge >= 0.3 is 0 Å². The van der Waals surface area contributed by atoms with Crippen molar-refractivity contribution in [3.63, 3.8) is 0 Å². The zero-order valence-corrected chi connectivity index (χ0v) is 11.4. The van der Waals surface area contributed by atoms with Gasteiger partial charge in [0.1, 0.15) is 15.6 Å². The fraction of sp³-hybridized carbons (Fsp3) is 0.636. The van der Waals surface area contributed by atoms with Gasteiger partial charge in [0.2, 0.25) is 0 Å². The minimum absolute atomic E-state index is 0.172. The number of nitrogens with zero attached hydrogens (tertiary/aromatic N) is 1. The van der Waals surface area contributed by atoms with Gasteiger partial charge in [-0.25, -0.2) is 8.42 Å². The Labute approximate surface area is 103 Å². The summed E-state index contributed by atoms with van der Waals surface area (Å²) in [6.07, 6.45) is 2.91. The summed E-state index contributed by atoms with van der Waals surface area (Å²) >= 11 is 0. The molecule has 0 spiro atoms. The van der Waals surface area contributed by atoms with Gasteiger partial charge in [-0.1, -0.05) is 0 Å². The monoisotopic (exact) mass is 260 g/mol. The van der Waals surface area contributed by atoms with E-state index in [0.717, 1.165) is 17.9 Å². The fourth-order valence-corrected chi connectivity index (χ4v) is 2.14. The molecule has 0 saturated heterocycles. The molecular weight excluding hydrogens is 240 g/mol. The quantitative estimate of drug-likeness (QED) is 0.772. The van der Waals surface area contributed by atoms with Crippen molar-refractivity contribution in [3.8, 4) is 0 Å². The SMILES string of the molecule is CNCc1ccoc1CN(C)CCS(C)(=O)=O. The lowest BCUT2D eigenvalue weighted by Crippen LogP contribution is -2.25. The van der Waals surface area contributed by atoms with Crippen LogP contribution in [0.15, 0.2) is 16.7 Å². The van der Waals surface area contributed by atoms with Crippen LogP contribution in [0.25, 0.3) is 0 Å². The van der Waals surface area contributed by atoms with Gasteiger partial charge < -0.3 is 9.73 Å². The molecule has 0 fully saturated rings. The van der Waals surface area contributed by atoms with Gasteiger partial charge in [-0.15, -0.1) is 0 Å². The Bertz CT molecular complexity index is 439. The standard InChI is InChI=1S/C11H20N2O3S/c1-12-8-10-4-6-16-11(10)9-13(2)5-7-17(3,14)15/h4,6,12H,5,7-9H2,1-3H3. The Morgan fingerprint density at radius 2 is 2.18 bits per heavy atom.